The van der Waals surface area contributed by atoms with Gasteiger partial charge >= 0.3 is 0 Å². The van der Waals surface area contributed by atoms with E-state index >= 15 is 0 Å². The van der Waals surface area contributed by atoms with Crippen molar-refractivity contribution in [1.29, 1.82) is 0 Å². The van der Waals surface area contributed by atoms with Crippen LogP contribution < -0.4 is 15.5 Å². The molecule has 31 heavy (non-hydrogen) atoms. The number of benzene rings is 2. The van der Waals surface area contributed by atoms with Crippen molar-refractivity contribution >= 4 is 52.1 Å². The van der Waals surface area contributed by atoms with Crippen LogP contribution in [0.4, 0.5) is 11.4 Å². The topological polar surface area (TPSA) is 70.7 Å². The van der Waals surface area contributed by atoms with E-state index in [0.717, 1.165) is 11.3 Å². The van der Waals surface area contributed by atoms with Gasteiger partial charge in [-0.05, 0) is 49.5 Å². The second-order valence-corrected chi connectivity index (χ2v) is 8.91. The van der Waals surface area contributed by atoms with Crippen LogP contribution in [-0.4, -0.2) is 35.2 Å². The zero-order valence-corrected chi connectivity index (χ0v) is 18.2. The number of aryl methyl sites for hydroxylation is 1. The van der Waals surface area contributed by atoms with Gasteiger partial charge in [-0.3, -0.25) is 9.59 Å². The van der Waals surface area contributed by atoms with Crippen LogP contribution in [0.1, 0.15) is 5.56 Å². The van der Waals surface area contributed by atoms with Crippen molar-refractivity contribution in [2.24, 2.45) is 11.8 Å². The smallest absolute Gasteiger partial charge is 0.241 e. The zero-order valence-electron chi connectivity index (χ0n) is 16.7. The highest BCUT2D eigenvalue weighted by Crippen LogP contribution is 2.52. The van der Waals surface area contributed by atoms with Gasteiger partial charge in [0.2, 0.25) is 11.8 Å². The number of halogens is 1. The van der Waals surface area contributed by atoms with Gasteiger partial charge in [-0.2, -0.15) is 0 Å². The van der Waals surface area contributed by atoms with Gasteiger partial charge < -0.3 is 15.4 Å². The standard InChI is InChI=1S/C23H20ClN3O3S/c1-13-5-7-16(8-6-13)27-20(28)18-17-9-10-23(30-17,19(18)21(27)29)12-25-22(31)26-15-4-2-3-14(24)11-15/h2-11,17-19H,12H2,1H3,(H2,25,26,31)/t17-,18-,19-,23+/m1/s1. The molecule has 3 heterocycles. The van der Waals surface area contributed by atoms with Crippen LogP contribution in [-0.2, 0) is 14.3 Å². The largest absolute Gasteiger partial charge is 0.360 e. The molecule has 0 spiro atoms. The first-order valence-electron chi connectivity index (χ1n) is 10.00. The number of amides is 2. The van der Waals surface area contributed by atoms with Crippen LogP contribution in [0.2, 0.25) is 5.02 Å². The van der Waals surface area contributed by atoms with E-state index in [1.165, 1.54) is 4.90 Å². The van der Waals surface area contributed by atoms with Gasteiger partial charge in [-0.15, -0.1) is 0 Å². The number of hydrogen-bond donors (Lipinski definition) is 2. The Labute approximate surface area is 190 Å². The molecule has 158 valence electrons. The first-order valence-corrected chi connectivity index (χ1v) is 10.8. The lowest BCUT2D eigenvalue weighted by Crippen LogP contribution is -2.49. The molecule has 0 unspecified atom stereocenters. The summed E-state index contributed by atoms with van der Waals surface area (Å²) in [5, 5.41) is 7.20. The van der Waals surface area contributed by atoms with Crippen LogP contribution in [0, 0.1) is 18.8 Å². The zero-order chi connectivity index (χ0) is 21.8. The third-order valence-corrected chi connectivity index (χ3v) is 6.54. The van der Waals surface area contributed by atoms with Crippen LogP contribution in [0.5, 0.6) is 0 Å². The lowest BCUT2D eigenvalue weighted by molar-refractivity contribution is -0.126. The van der Waals surface area contributed by atoms with E-state index < -0.39 is 23.5 Å². The number of imide groups is 1. The highest BCUT2D eigenvalue weighted by Gasteiger charge is 2.67. The first-order chi connectivity index (χ1) is 14.9. The van der Waals surface area contributed by atoms with Crippen molar-refractivity contribution in [3.8, 4) is 0 Å². The molecular weight excluding hydrogens is 434 g/mol. The minimum Gasteiger partial charge on any atom is -0.360 e. The van der Waals surface area contributed by atoms with Gasteiger partial charge in [0.1, 0.15) is 5.60 Å². The van der Waals surface area contributed by atoms with Crippen molar-refractivity contribution in [1.82, 2.24) is 5.32 Å². The molecule has 8 heteroatoms. The van der Waals surface area contributed by atoms with E-state index in [1.807, 2.05) is 43.3 Å². The lowest BCUT2D eigenvalue weighted by Gasteiger charge is -2.29. The first kappa shape index (κ1) is 20.2. The third-order valence-electron chi connectivity index (χ3n) is 6.05. The molecule has 2 aromatic carbocycles. The molecule has 5 rings (SSSR count). The van der Waals surface area contributed by atoms with Crippen molar-refractivity contribution in [2.45, 2.75) is 18.6 Å². The average Bonchev–Trinajstić information content (AvgIpc) is 3.38. The second kappa shape index (κ2) is 7.44. The van der Waals surface area contributed by atoms with Crippen molar-refractivity contribution in [2.75, 3.05) is 16.8 Å². The molecule has 2 N–H and O–H groups in total. The molecule has 2 bridgehead atoms. The summed E-state index contributed by atoms with van der Waals surface area (Å²) >= 11 is 11.4. The Morgan fingerprint density at radius 3 is 2.71 bits per heavy atom. The number of carbonyl (C=O) groups is 2. The molecule has 2 fully saturated rings. The van der Waals surface area contributed by atoms with Crippen molar-refractivity contribution in [3.63, 3.8) is 0 Å². The summed E-state index contributed by atoms with van der Waals surface area (Å²) in [6, 6.07) is 14.6. The predicted molar refractivity (Wildman–Crippen MR) is 123 cm³/mol. The maximum absolute atomic E-state index is 13.4. The maximum atomic E-state index is 13.4. The van der Waals surface area contributed by atoms with E-state index in [4.69, 9.17) is 28.6 Å². The number of nitrogens with zero attached hydrogens (tertiary/aromatic N) is 1. The minimum atomic E-state index is -0.915. The molecule has 3 aliphatic rings. The van der Waals surface area contributed by atoms with Gasteiger partial charge in [0.05, 0.1) is 30.2 Å². The Bertz CT molecular complexity index is 1120. The summed E-state index contributed by atoms with van der Waals surface area (Å²) in [4.78, 5) is 27.8. The van der Waals surface area contributed by atoms with Crippen LogP contribution >= 0.6 is 23.8 Å². The molecule has 3 aliphatic heterocycles. The normalized spacial score (nSPS) is 28.2. The van der Waals surface area contributed by atoms with E-state index in [9.17, 15) is 9.59 Å². The van der Waals surface area contributed by atoms with E-state index in [2.05, 4.69) is 10.6 Å². The minimum absolute atomic E-state index is 0.213. The Morgan fingerprint density at radius 2 is 1.97 bits per heavy atom. The number of carbonyl (C=O) groups excluding carboxylic acids is 2. The maximum Gasteiger partial charge on any atom is 0.241 e. The highest BCUT2D eigenvalue weighted by molar-refractivity contribution is 7.80. The number of rotatable bonds is 4. The Kier molecular flexibility index (Phi) is 4.84. The molecular formula is C23H20ClN3O3S. The Hall–Kier alpha value is -2.74. The number of hydrogen-bond acceptors (Lipinski definition) is 4. The van der Waals surface area contributed by atoms with Crippen LogP contribution in [0.25, 0.3) is 0 Å². The molecule has 2 saturated heterocycles. The molecule has 4 atom stereocenters. The van der Waals surface area contributed by atoms with Crippen LogP contribution in [0.3, 0.4) is 0 Å². The summed E-state index contributed by atoms with van der Waals surface area (Å²) in [7, 11) is 0. The molecule has 6 nitrogen and oxygen atoms in total. The second-order valence-electron chi connectivity index (χ2n) is 8.07. The Morgan fingerprint density at radius 1 is 1.19 bits per heavy atom. The van der Waals surface area contributed by atoms with Crippen molar-refractivity contribution < 1.29 is 14.3 Å². The summed E-state index contributed by atoms with van der Waals surface area (Å²) < 4.78 is 6.14. The summed E-state index contributed by atoms with van der Waals surface area (Å²) in [6.07, 6.45) is 3.35. The van der Waals surface area contributed by atoms with Crippen molar-refractivity contribution in [3.05, 3.63) is 71.3 Å². The SMILES string of the molecule is Cc1ccc(N2C(=O)[C@@H]3[C@H]4C=C[C@@](CNC(=S)Nc5cccc(Cl)c5)(O4)[C@H]3C2=O)cc1. The molecule has 2 aromatic rings. The number of nitrogens with one attached hydrogen (secondary N) is 2. The molecule has 0 aliphatic carbocycles. The molecule has 0 saturated carbocycles. The van der Waals surface area contributed by atoms with E-state index in [1.54, 1.807) is 24.3 Å². The number of fused-ring (bicyclic) bond motifs is 5. The van der Waals surface area contributed by atoms with Crippen LogP contribution in [0.15, 0.2) is 60.7 Å². The van der Waals surface area contributed by atoms with E-state index in [-0.39, 0.29) is 18.4 Å². The van der Waals surface area contributed by atoms with Gasteiger partial charge in [0.25, 0.3) is 0 Å². The quantitative estimate of drug-likeness (QED) is 0.420. The highest BCUT2D eigenvalue weighted by atomic mass is 35.5. The number of thiocarbonyl (C=S) groups is 1. The molecule has 0 aromatic heterocycles. The van der Waals surface area contributed by atoms with E-state index in [0.29, 0.717) is 15.8 Å². The third kappa shape index (κ3) is 3.33. The molecule has 0 radical (unpaired) electrons. The Balaban J connectivity index is 1.34. The van der Waals surface area contributed by atoms with Gasteiger partial charge in [0, 0.05) is 10.7 Å². The van der Waals surface area contributed by atoms with Gasteiger partial charge in [0.15, 0.2) is 5.11 Å². The fraction of sp³-hybridized carbons (Fsp3) is 0.261. The lowest BCUT2D eigenvalue weighted by atomic mass is 9.77. The molecule has 2 amide bonds. The summed E-state index contributed by atoms with van der Waals surface area (Å²) in [5.74, 6) is -1.55. The summed E-state index contributed by atoms with van der Waals surface area (Å²) in [5.41, 5.74) is 1.50. The average molecular weight is 454 g/mol. The summed E-state index contributed by atoms with van der Waals surface area (Å²) in [6.45, 7) is 2.24. The number of ether oxygens (including phenoxy) is 1. The monoisotopic (exact) mass is 453 g/mol. The van der Waals surface area contributed by atoms with Gasteiger partial charge in [-0.25, -0.2) is 4.90 Å². The predicted octanol–water partition coefficient (Wildman–Crippen LogP) is 3.45. The van der Waals surface area contributed by atoms with Gasteiger partial charge in [-0.1, -0.05) is 47.5 Å². The number of anilines is 2. The fourth-order valence-corrected chi connectivity index (χ4v) is 4.99. The fourth-order valence-electron chi connectivity index (χ4n) is 4.61.